The Bertz CT molecular complexity index is 238. The molecule has 0 N–H and O–H groups in total. The fourth-order valence-electron chi connectivity index (χ4n) is 2.35. The van der Waals surface area contributed by atoms with Crippen LogP contribution in [0.25, 0.3) is 0 Å². The molecule has 0 heterocycles. The molecule has 0 amide bonds. The summed E-state index contributed by atoms with van der Waals surface area (Å²) in [5.41, 5.74) is 2.98. The lowest BCUT2D eigenvalue weighted by Crippen LogP contribution is -2.18. The van der Waals surface area contributed by atoms with Gasteiger partial charge < -0.3 is 0 Å². The Labute approximate surface area is 88.3 Å². The topological polar surface area (TPSA) is 12.4 Å². The van der Waals surface area contributed by atoms with E-state index in [1.807, 2.05) is 7.05 Å². The third-order valence-electron chi connectivity index (χ3n) is 3.59. The first-order valence-corrected chi connectivity index (χ1v) is 5.80. The maximum absolute atomic E-state index is 4.35. The maximum Gasteiger partial charge on any atom is 0.0276 e. The Kier molecular flexibility index (Phi) is 4.37. The van der Waals surface area contributed by atoms with E-state index in [9.17, 15) is 0 Å². The smallest absolute Gasteiger partial charge is 0.0276 e. The predicted octanol–water partition coefficient (Wildman–Crippen LogP) is 3.85. The van der Waals surface area contributed by atoms with Crippen LogP contribution in [-0.2, 0) is 0 Å². The van der Waals surface area contributed by atoms with Crippen LogP contribution in [0.15, 0.2) is 16.6 Å². The maximum atomic E-state index is 4.35. The van der Waals surface area contributed by atoms with E-state index >= 15 is 0 Å². The van der Waals surface area contributed by atoms with E-state index < -0.39 is 0 Å². The number of hydrogen-bond donors (Lipinski definition) is 0. The van der Waals surface area contributed by atoms with Gasteiger partial charge in [-0.1, -0.05) is 25.5 Å². The first kappa shape index (κ1) is 11.5. The molecule has 2 atom stereocenters. The number of hydrogen-bond acceptors (Lipinski definition) is 1. The molecule has 0 aromatic carbocycles. The lowest BCUT2D eigenvalue weighted by Gasteiger charge is -2.20. The summed E-state index contributed by atoms with van der Waals surface area (Å²) in [6, 6.07) is 0. The van der Waals surface area contributed by atoms with E-state index in [2.05, 4.69) is 31.8 Å². The molecule has 0 aromatic rings. The van der Waals surface area contributed by atoms with Gasteiger partial charge in [0.25, 0.3) is 0 Å². The van der Waals surface area contributed by atoms with Gasteiger partial charge in [-0.05, 0) is 44.4 Å². The number of nitrogens with zero attached hydrogens (tertiary/aromatic N) is 1. The van der Waals surface area contributed by atoms with E-state index in [-0.39, 0.29) is 0 Å². The Morgan fingerprint density at radius 1 is 1.57 bits per heavy atom. The summed E-state index contributed by atoms with van der Waals surface area (Å²) in [6.45, 7) is 6.80. The van der Waals surface area contributed by atoms with Crippen LogP contribution in [0, 0.1) is 11.8 Å². The van der Waals surface area contributed by atoms with Crippen LogP contribution >= 0.6 is 0 Å². The number of allylic oxidation sites excluding steroid dienone is 2. The van der Waals surface area contributed by atoms with E-state index in [4.69, 9.17) is 0 Å². The third kappa shape index (κ3) is 2.70. The van der Waals surface area contributed by atoms with Crippen LogP contribution in [0.2, 0.25) is 0 Å². The van der Waals surface area contributed by atoms with E-state index in [1.54, 1.807) is 5.57 Å². The highest BCUT2D eigenvalue weighted by atomic mass is 14.7. The second-order valence-electron chi connectivity index (χ2n) is 4.44. The largest absolute Gasteiger partial charge is 0.297 e. The fourth-order valence-corrected chi connectivity index (χ4v) is 2.35. The Balaban J connectivity index is 2.67. The van der Waals surface area contributed by atoms with Crippen molar-refractivity contribution in [3.05, 3.63) is 11.6 Å². The van der Waals surface area contributed by atoms with Gasteiger partial charge in [0.15, 0.2) is 0 Å². The molecule has 0 aromatic heterocycles. The van der Waals surface area contributed by atoms with Crippen LogP contribution in [0.4, 0.5) is 0 Å². The van der Waals surface area contributed by atoms with Crippen molar-refractivity contribution in [1.82, 2.24) is 0 Å². The van der Waals surface area contributed by atoms with Crippen molar-refractivity contribution >= 4 is 5.71 Å². The molecule has 0 radical (unpaired) electrons. The van der Waals surface area contributed by atoms with E-state index in [0.717, 1.165) is 5.92 Å². The molecule has 0 saturated heterocycles. The zero-order valence-electron chi connectivity index (χ0n) is 10.0. The molecule has 2 unspecified atom stereocenters. The van der Waals surface area contributed by atoms with Crippen molar-refractivity contribution in [3.8, 4) is 0 Å². The van der Waals surface area contributed by atoms with Crippen LogP contribution in [0.1, 0.15) is 46.5 Å². The third-order valence-corrected chi connectivity index (χ3v) is 3.59. The summed E-state index contributed by atoms with van der Waals surface area (Å²) in [5.74, 6) is 1.48. The molecule has 0 fully saturated rings. The molecular formula is C13H23N. The van der Waals surface area contributed by atoms with Gasteiger partial charge in [-0.3, -0.25) is 4.99 Å². The molecule has 1 heteroatoms. The Hall–Kier alpha value is -0.590. The summed E-state index contributed by atoms with van der Waals surface area (Å²) in [7, 11) is 1.92. The molecule has 0 saturated carbocycles. The molecule has 14 heavy (non-hydrogen) atoms. The first-order chi connectivity index (χ1) is 6.69. The minimum absolute atomic E-state index is 0.709. The Morgan fingerprint density at radius 3 is 2.86 bits per heavy atom. The average Bonchev–Trinajstić information content (AvgIpc) is 2.39. The summed E-state index contributed by atoms with van der Waals surface area (Å²) >= 11 is 0. The Morgan fingerprint density at radius 2 is 2.29 bits per heavy atom. The van der Waals surface area contributed by atoms with E-state index in [1.165, 1.54) is 31.4 Å². The van der Waals surface area contributed by atoms with Gasteiger partial charge in [0.1, 0.15) is 0 Å². The minimum atomic E-state index is 0.709. The molecule has 0 aliphatic heterocycles. The van der Waals surface area contributed by atoms with Gasteiger partial charge in [0.05, 0.1) is 0 Å². The van der Waals surface area contributed by atoms with Gasteiger partial charge in [-0.15, -0.1) is 0 Å². The molecule has 1 nitrogen and oxygen atoms in total. The normalized spacial score (nSPS) is 29.7. The van der Waals surface area contributed by atoms with Crippen molar-refractivity contribution in [3.63, 3.8) is 0 Å². The minimum Gasteiger partial charge on any atom is -0.297 e. The summed E-state index contributed by atoms with van der Waals surface area (Å²) in [4.78, 5) is 4.35. The van der Waals surface area contributed by atoms with Gasteiger partial charge >= 0.3 is 0 Å². The second kappa shape index (κ2) is 5.33. The van der Waals surface area contributed by atoms with Crippen LogP contribution in [0.5, 0.6) is 0 Å². The number of aliphatic imine (C=N–C) groups is 1. The second-order valence-corrected chi connectivity index (χ2v) is 4.44. The monoisotopic (exact) mass is 193 g/mol. The van der Waals surface area contributed by atoms with E-state index in [0.29, 0.717) is 5.92 Å². The quantitative estimate of drug-likeness (QED) is 0.466. The molecular weight excluding hydrogens is 170 g/mol. The summed E-state index contributed by atoms with van der Waals surface area (Å²) < 4.78 is 0. The van der Waals surface area contributed by atoms with Crippen LogP contribution in [0.3, 0.4) is 0 Å². The summed E-state index contributed by atoms with van der Waals surface area (Å²) in [6.07, 6.45) is 7.48. The molecule has 1 aliphatic carbocycles. The molecule has 0 spiro atoms. The SMILES string of the molecule is CCC1=CCC(C)C(/C(C)=N\C)CC1. The molecule has 0 bridgehead atoms. The van der Waals surface area contributed by atoms with Crippen LogP contribution in [-0.4, -0.2) is 12.8 Å². The highest BCUT2D eigenvalue weighted by molar-refractivity contribution is 5.84. The van der Waals surface area contributed by atoms with Gasteiger partial charge in [0.2, 0.25) is 0 Å². The standard InChI is InChI=1S/C13H23N/c1-5-12-7-6-10(2)13(9-8-12)11(3)14-4/h7,10,13H,5-6,8-9H2,1-4H3/b14-11-. The highest BCUT2D eigenvalue weighted by Crippen LogP contribution is 2.30. The van der Waals surface area contributed by atoms with Crippen molar-refractivity contribution in [2.75, 3.05) is 7.05 Å². The molecule has 1 rings (SSSR count). The van der Waals surface area contributed by atoms with Gasteiger partial charge in [-0.25, -0.2) is 0 Å². The highest BCUT2D eigenvalue weighted by Gasteiger charge is 2.21. The average molecular weight is 193 g/mol. The van der Waals surface area contributed by atoms with Crippen LogP contribution < -0.4 is 0 Å². The van der Waals surface area contributed by atoms with Gasteiger partial charge in [0, 0.05) is 12.8 Å². The molecule has 1 aliphatic rings. The predicted molar refractivity (Wildman–Crippen MR) is 63.9 cm³/mol. The molecule has 80 valence electrons. The van der Waals surface area contributed by atoms with Crippen molar-refractivity contribution in [2.45, 2.75) is 46.5 Å². The first-order valence-electron chi connectivity index (χ1n) is 5.80. The lowest BCUT2D eigenvalue weighted by atomic mass is 9.86. The van der Waals surface area contributed by atoms with Crippen molar-refractivity contribution < 1.29 is 0 Å². The zero-order valence-corrected chi connectivity index (χ0v) is 10.0. The lowest BCUT2D eigenvalue weighted by molar-refractivity contribution is 0.442. The fraction of sp³-hybridized carbons (Fsp3) is 0.769. The van der Waals surface area contributed by atoms with Crippen molar-refractivity contribution in [2.24, 2.45) is 16.8 Å². The summed E-state index contributed by atoms with van der Waals surface area (Å²) in [5, 5.41) is 0. The zero-order chi connectivity index (χ0) is 10.6. The van der Waals surface area contributed by atoms with Crippen molar-refractivity contribution in [1.29, 1.82) is 0 Å². The van der Waals surface area contributed by atoms with Gasteiger partial charge in [-0.2, -0.15) is 0 Å². The number of rotatable bonds is 2.